The number of hydrogen-bond acceptors (Lipinski definition) is 6. The van der Waals surface area contributed by atoms with Crippen molar-refractivity contribution in [2.75, 3.05) is 0 Å². The molecule has 0 aliphatic heterocycles. The Bertz CT molecular complexity index is 1530. The molecule has 0 fully saturated rings. The van der Waals surface area contributed by atoms with Gasteiger partial charge in [-0.05, 0) is 53.1 Å². The van der Waals surface area contributed by atoms with Gasteiger partial charge in [-0.2, -0.15) is 5.21 Å². The normalized spacial score (nSPS) is 10.7. The molecule has 2 N–H and O–H groups in total. The van der Waals surface area contributed by atoms with E-state index in [9.17, 15) is 9.90 Å². The van der Waals surface area contributed by atoms with E-state index in [-0.39, 0.29) is 62.7 Å². The Balaban J connectivity index is 0.00000304. The van der Waals surface area contributed by atoms with Crippen molar-refractivity contribution < 1.29 is 14.6 Å². The van der Waals surface area contributed by atoms with E-state index in [0.717, 1.165) is 27.6 Å². The first-order valence-corrected chi connectivity index (χ1v) is 11.8. The van der Waals surface area contributed by atoms with Crippen molar-refractivity contribution in [3.05, 3.63) is 82.5 Å². The molecule has 8 nitrogen and oxygen atoms in total. The van der Waals surface area contributed by atoms with Gasteiger partial charge in [-0.1, -0.05) is 65.7 Å². The number of carboxylic acids is 1. The molecule has 0 aliphatic rings. The van der Waals surface area contributed by atoms with Crippen LogP contribution < -0.4 is 4.74 Å². The van der Waals surface area contributed by atoms with Crippen LogP contribution in [0.25, 0.3) is 33.4 Å². The number of hydrogen-bond donors (Lipinski definition) is 2. The minimum atomic E-state index is -1.06. The third-order valence-electron chi connectivity index (χ3n) is 5.57. The molecule has 0 saturated heterocycles. The number of rotatable bonds is 7. The van der Waals surface area contributed by atoms with Crippen LogP contribution in [-0.4, -0.2) is 88.1 Å². The molecule has 0 amide bonds. The molecule has 3 aromatic carbocycles. The number of H-pyrrole nitrogens is 1. The first-order valence-electron chi connectivity index (χ1n) is 11.0. The van der Waals surface area contributed by atoms with Crippen molar-refractivity contribution in [3.63, 3.8) is 0 Å². The van der Waals surface area contributed by atoms with E-state index in [1.54, 1.807) is 6.07 Å². The minimum Gasteiger partial charge on any atom is -0.478 e. The summed E-state index contributed by atoms with van der Waals surface area (Å²) in [5.74, 6) is 0.227. The molecule has 10 heteroatoms. The Morgan fingerprint density at radius 1 is 1.06 bits per heavy atom. The van der Waals surface area contributed by atoms with Crippen molar-refractivity contribution in [2.24, 2.45) is 0 Å². The van der Waals surface area contributed by atoms with Crippen LogP contribution in [0.4, 0.5) is 0 Å². The first-order chi connectivity index (χ1) is 17.0. The van der Waals surface area contributed by atoms with Gasteiger partial charge in [-0.25, -0.2) is 9.78 Å². The van der Waals surface area contributed by atoms with Gasteiger partial charge in [-0.15, -0.1) is 10.2 Å². The number of aromatic nitrogens is 5. The number of nitrogens with one attached hydrogen (secondary N) is 1. The Labute approximate surface area is 258 Å². The van der Waals surface area contributed by atoms with Crippen LogP contribution in [0.2, 0.25) is 0 Å². The number of halogens is 1. The van der Waals surface area contributed by atoms with Crippen LogP contribution in [0.5, 0.6) is 11.5 Å². The molecule has 175 valence electrons. The topological polar surface area (TPSA) is 114 Å². The van der Waals surface area contributed by atoms with Gasteiger partial charge in [0.15, 0.2) is 5.75 Å². The van der Waals surface area contributed by atoms with E-state index in [4.69, 9.17) is 9.72 Å². The Kier molecular flexibility index (Phi) is 8.65. The number of aryl methyl sites for hydroxylation is 1. The van der Waals surface area contributed by atoms with E-state index in [2.05, 4.69) is 36.6 Å². The van der Waals surface area contributed by atoms with E-state index >= 15 is 0 Å². The molecule has 5 rings (SSSR count). The Morgan fingerprint density at radius 2 is 1.81 bits per heavy atom. The molecule has 0 unspecified atom stereocenters. The maximum Gasteiger partial charge on any atom is 0.340 e. The van der Waals surface area contributed by atoms with Crippen molar-refractivity contribution in [2.45, 2.75) is 19.8 Å². The average Bonchev–Trinajstić information content (AvgIpc) is 3.40. The van der Waals surface area contributed by atoms with Gasteiger partial charge in [0.25, 0.3) is 0 Å². The molecule has 2 aromatic heterocycles. The smallest absolute Gasteiger partial charge is 0.340 e. The van der Waals surface area contributed by atoms with Crippen molar-refractivity contribution in [1.82, 2.24) is 25.6 Å². The number of carboxylic acid groups (broad SMARTS) is 1. The number of fused-ring (bicyclic) bond motifs is 1. The molecular formula is C26H20BrKN5O3. The zero-order valence-corrected chi connectivity index (χ0v) is 24.4. The zero-order chi connectivity index (χ0) is 24.4. The standard InChI is InChI=1S/C26H20BrN5O3.K/c1-2-5-22-24(23(26(33)34)20-14-16(27)10-13-21(20)28-22)35-17-11-8-15(9-12-17)18-6-3-4-7-19(18)25-29-31-32-30-25;/h3-4,6-14H,2,5H2,1H3,(H,33,34)(H,29,30,31,32);. The number of aromatic carboxylic acids is 1. The van der Waals surface area contributed by atoms with E-state index < -0.39 is 5.97 Å². The van der Waals surface area contributed by atoms with Gasteiger partial charge in [-0.3, -0.25) is 0 Å². The second kappa shape index (κ2) is 11.7. The van der Waals surface area contributed by atoms with Crippen LogP contribution >= 0.6 is 15.9 Å². The van der Waals surface area contributed by atoms with E-state index in [1.165, 1.54) is 0 Å². The van der Waals surface area contributed by atoms with Crippen LogP contribution in [0.15, 0.2) is 71.2 Å². The van der Waals surface area contributed by atoms with Gasteiger partial charge in [0.05, 0.1) is 11.2 Å². The zero-order valence-electron chi connectivity index (χ0n) is 19.7. The predicted octanol–water partition coefficient (Wildman–Crippen LogP) is 5.91. The summed E-state index contributed by atoms with van der Waals surface area (Å²) in [5.41, 5.74) is 4.06. The number of benzene rings is 3. The number of pyridine rings is 1. The molecule has 2 heterocycles. The van der Waals surface area contributed by atoms with Crippen molar-refractivity contribution >= 4 is 84.2 Å². The summed E-state index contributed by atoms with van der Waals surface area (Å²) in [6.07, 6.45) is 1.40. The predicted molar refractivity (Wildman–Crippen MR) is 141 cm³/mol. The summed E-state index contributed by atoms with van der Waals surface area (Å²) in [6.45, 7) is 2.02. The minimum absolute atomic E-state index is 0. The third-order valence-corrected chi connectivity index (χ3v) is 6.06. The molecule has 0 saturated carbocycles. The van der Waals surface area contributed by atoms with Gasteiger partial charge in [0, 0.05) is 66.8 Å². The quantitative estimate of drug-likeness (QED) is 0.235. The molecule has 0 aliphatic carbocycles. The fourth-order valence-corrected chi connectivity index (χ4v) is 4.38. The number of ether oxygens (including phenoxy) is 1. The second-order valence-electron chi connectivity index (χ2n) is 7.89. The monoisotopic (exact) mass is 568 g/mol. The van der Waals surface area contributed by atoms with Crippen molar-refractivity contribution in [3.8, 4) is 34.0 Å². The average molecular weight is 569 g/mol. The SMILES string of the molecule is CCCc1nc2ccc(Br)cc2c(C(=O)O)c1Oc1ccc(-c2ccccc2-c2nn[nH]n2)cc1.[K]. The number of carbonyl (C=O) groups is 1. The maximum absolute atomic E-state index is 12.3. The Morgan fingerprint density at radius 3 is 2.47 bits per heavy atom. The number of nitrogens with zero attached hydrogens (tertiary/aromatic N) is 4. The summed E-state index contributed by atoms with van der Waals surface area (Å²) in [7, 11) is 0. The summed E-state index contributed by atoms with van der Waals surface area (Å²) < 4.78 is 6.97. The number of tetrazole rings is 1. The van der Waals surface area contributed by atoms with Crippen LogP contribution in [0.1, 0.15) is 29.4 Å². The second-order valence-corrected chi connectivity index (χ2v) is 8.80. The van der Waals surface area contributed by atoms with Gasteiger partial charge < -0.3 is 9.84 Å². The van der Waals surface area contributed by atoms with E-state index in [0.29, 0.717) is 34.6 Å². The molecule has 1 radical (unpaired) electrons. The van der Waals surface area contributed by atoms with Crippen LogP contribution in [0.3, 0.4) is 0 Å². The summed E-state index contributed by atoms with van der Waals surface area (Å²) in [5, 5.41) is 24.9. The Hall–Kier alpha value is -2.47. The summed E-state index contributed by atoms with van der Waals surface area (Å²) >= 11 is 3.43. The molecular weight excluding hydrogens is 549 g/mol. The molecule has 36 heavy (non-hydrogen) atoms. The maximum atomic E-state index is 12.3. The third kappa shape index (κ3) is 5.43. The van der Waals surface area contributed by atoms with Crippen LogP contribution in [0, 0.1) is 0 Å². The largest absolute Gasteiger partial charge is 0.478 e. The van der Waals surface area contributed by atoms with Gasteiger partial charge >= 0.3 is 5.97 Å². The molecule has 0 spiro atoms. The fourth-order valence-electron chi connectivity index (χ4n) is 4.02. The molecule has 5 aromatic rings. The van der Waals surface area contributed by atoms with Crippen LogP contribution in [-0.2, 0) is 6.42 Å². The van der Waals surface area contributed by atoms with Gasteiger partial charge in [0.2, 0.25) is 5.82 Å². The first kappa shape index (κ1) is 26.6. The molecule has 0 bridgehead atoms. The fraction of sp³-hybridized carbons (Fsp3) is 0.115. The van der Waals surface area contributed by atoms with E-state index in [1.807, 2.05) is 67.6 Å². The molecule has 0 atom stereocenters. The van der Waals surface area contributed by atoms with Gasteiger partial charge in [0.1, 0.15) is 11.3 Å². The number of aromatic amines is 1. The van der Waals surface area contributed by atoms with Crippen molar-refractivity contribution in [1.29, 1.82) is 0 Å². The summed E-state index contributed by atoms with van der Waals surface area (Å²) in [6, 6.07) is 20.6. The summed E-state index contributed by atoms with van der Waals surface area (Å²) in [4.78, 5) is 17.1.